The van der Waals surface area contributed by atoms with Crippen LogP contribution in [0.2, 0.25) is 0 Å². The second kappa shape index (κ2) is 6.97. The minimum absolute atomic E-state index is 0.0869. The summed E-state index contributed by atoms with van der Waals surface area (Å²) < 4.78 is 25.6. The number of hydrogen-bond acceptors (Lipinski definition) is 1. The van der Waals surface area contributed by atoms with Gasteiger partial charge in [0.1, 0.15) is 11.6 Å². The third kappa shape index (κ3) is 4.67. The van der Waals surface area contributed by atoms with Crippen molar-refractivity contribution in [1.29, 1.82) is 0 Å². The van der Waals surface area contributed by atoms with Crippen LogP contribution >= 0.6 is 0 Å². The SMILES string of the molecule is CC(NC(=O)CCc1ccc(F)cc1)c1ccc(F)cc1. The zero-order chi connectivity index (χ0) is 15.2. The van der Waals surface area contributed by atoms with Crippen LogP contribution in [0.15, 0.2) is 48.5 Å². The monoisotopic (exact) mass is 289 g/mol. The molecule has 1 amide bonds. The quantitative estimate of drug-likeness (QED) is 0.892. The van der Waals surface area contributed by atoms with Gasteiger partial charge in [-0.05, 0) is 48.7 Å². The first kappa shape index (κ1) is 15.2. The zero-order valence-corrected chi connectivity index (χ0v) is 11.8. The van der Waals surface area contributed by atoms with Gasteiger partial charge < -0.3 is 5.32 Å². The van der Waals surface area contributed by atoms with Gasteiger partial charge in [0.05, 0.1) is 6.04 Å². The van der Waals surface area contributed by atoms with Crippen LogP contribution in [0.5, 0.6) is 0 Å². The number of carbonyl (C=O) groups excluding carboxylic acids is 1. The fourth-order valence-electron chi connectivity index (χ4n) is 2.06. The number of aryl methyl sites for hydroxylation is 1. The Morgan fingerprint density at radius 1 is 1.00 bits per heavy atom. The number of rotatable bonds is 5. The van der Waals surface area contributed by atoms with Crippen LogP contribution in [0.25, 0.3) is 0 Å². The Balaban J connectivity index is 1.83. The summed E-state index contributed by atoms with van der Waals surface area (Å²) in [7, 11) is 0. The van der Waals surface area contributed by atoms with E-state index in [4.69, 9.17) is 0 Å². The average Bonchev–Trinajstić information content (AvgIpc) is 2.47. The lowest BCUT2D eigenvalue weighted by Gasteiger charge is -2.14. The molecule has 0 aromatic heterocycles. The summed E-state index contributed by atoms with van der Waals surface area (Å²) in [5.74, 6) is -0.669. The molecule has 2 aromatic rings. The van der Waals surface area contributed by atoms with E-state index in [1.54, 1.807) is 24.3 Å². The van der Waals surface area contributed by atoms with Crippen molar-refractivity contribution in [2.75, 3.05) is 0 Å². The molecule has 0 fully saturated rings. The number of nitrogens with one attached hydrogen (secondary N) is 1. The molecule has 0 aliphatic heterocycles. The maximum absolute atomic E-state index is 12.8. The first-order chi connectivity index (χ1) is 10.0. The maximum atomic E-state index is 12.8. The second-order valence-corrected chi connectivity index (χ2v) is 4.97. The van der Waals surface area contributed by atoms with Gasteiger partial charge in [0.25, 0.3) is 0 Å². The van der Waals surface area contributed by atoms with Gasteiger partial charge in [-0.15, -0.1) is 0 Å². The largest absolute Gasteiger partial charge is 0.350 e. The van der Waals surface area contributed by atoms with Crippen molar-refractivity contribution in [3.63, 3.8) is 0 Å². The van der Waals surface area contributed by atoms with Crippen LogP contribution in [0.3, 0.4) is 0 Å². The minimum Gasteiger partial charge on any atom is -0.350 e. The number of hydrogen-bond donors (Lipinski definition) is 1. The van der Waals surface area contributed by atoms with Crippen LogP contribution in [-0.2, 0) is 11.2 Å². The maximum Gasteiger partial charge on any atom is 0.220 e. The van der Waals surface area contributed by atoms with E-state index in [-0.39, 0.29) is 23.6 Å². The van der Waals surface area contributed by atoms with Gasteiger partial charge in [-0.2, -0.15) is 0 Å². The first-order valence-electron chi connectivity index (χ1n) is 6.84. The summed E-state index contributed by atoms with van der Waals surface area (Å²) in [6, 6.07) is 12.0. The number of carbonyl (C=O) groups is 1. The smallest absolute Gasteiger partial charge is 0.220 e. The summed E-state index contributed by atoms with van der Waals surface area (Å²) in [6.07, 6.45) is 0.888. The van der Waals surface area contributed by atoms with E-state index in [2.05, 4.69) is 5.32 Å². The summed E-state index contributed by atoms with van der Waals surface area (Å²) in [4.78, 5) is 11.9. The molecule has 2 aromatic carbocycles. The average molecular weight is 289 g/mol. The van der Waals surface area contributed by atoms with E-state index in [1.165, 1.54) is 24.3 Å². The number of halogens is 2. The summed E-state index contributed by atoms with van der Waals surface area (Å²) in [5, 5.41) is 2.86. The van der Waals surface area contributed by atoms with Gasteiger partial charge in [-0.3, -0.25) is 4.79 Å². The predicted octanol–water partition coefficient (Wildman–Crippen LogP) is 3.77. The molecule has 2 rings (SSSR count). The molecule has 0 bridgehead atoms. The summed E-state index contributed by atoms with van der Waals surface area (Å²) in [6.45, 7) is 1.85. The van der Waals surface area contributed by atoms with Crippen molar-refractivity contribution in [2.24, 2.45) is 0 Å². The van der Waals surface area contributed by atoms with Crippen LogP contribution in [0, 0.1) is 11.6 Å². The van der Waals surface area contributed by atoms with Gasteiger partial charge in [-0.1, -0.05) is 24.3 Å². The Hall–Kier alpha value is -2.23. The van der Waals surface area contributed by atoms with Gasteiger partial charge in [0, 0.05) is 6.42 Å². The van der Waals surface area contributed by atoms with E-state index >= 15 is 0 Å². The van der Waals surface area contributed by atoms with Crippen molar-refractivity contribution >= 4 is 5.91 Å². The van der Waals surface area contributed by atoms with E-state index in [1.807, 2.05) is 6.92 Å². The van der Waals surface area contributed by atoms with Crippen LogP contribution in [0.4, 0.5) is 8.78 Å². The molecule has 0 aliphatic rings. The standard InChI is InChI=1S/C17H17F2NO/c1-12(14-5-9-16(19)10-6-14)20-17(21)11-4-13-2-7-15(18)8-3-13/h2-3,5-10,12H,4,11H2,1H3,(H,20,21). The molecule has 0 spiro atoms. The number of benzene rings is 2. The van der Waals surface area contributed by atoms with Crippen LogP contribution < -0.4 is 5.32 Å². The molecule has 1 N–H and O–H groups in total. The van der Waals surface area contributed by atoms with Crippen molar-refractivity contribution in [3.8, 4) is 0 Å². The highest BCUT2D eigenvalue weighted by Gasteiger charge is 2.09. The zero-order valence-electron chi connectivity index (χ0n) is 11.8. The highest BCUT2D eigenvalue weighted by atomic mass is 19.1. The highest BCUT2D eigenvalue weighted by molar-refractivity contribution is 5.76. The first-order valence-corrected chi connectivity index (χ1v) is 6.84. The molecular weight excluding hydrogens is 272 g/mol. The van der Waals surface area contributed by atoms with Gasteiger partial charge in [0.2, 0.25) is 5.91 Å². The third-order valence-electron chi connectivity index (χ3n) is 3.30. The Labute approximate surface area is 122 Å². The number of amides is 1. The molecule has 21 heavy (non-hydrogen) atoms. The van der Waals surface area contributed by atoms with Gasteiger partial charge >= 0.3 is 0 Å². The van der Waals surface area contributed by atoms with Crippen LogP contribution in [-0.4, -0.2) is 5.91 Å². The normalized spacial score (nSPS) is 12.0. The van der Waals surface area contributed by atoms with E-state index < -0.39 is 0 Å². The van der Waals surface area contributed by atoms with Crippen molar-refractivity contribution < 1.29 is 13.6 Å². The van der Waals surface area contributed by atoms with Crippen molar-refractivity contribution in [2.45, 2.75) is 25.8 Å². The van der Waals surface area contributed by atoms with E-state index in [0.29, 0.717) is 12.8 Å². The van der Waals surface area contributed by atoms with Gasteiger partial charge in [-0.25, -0.2) is 8.78 Å². The molecule has 0 heterocycles. The molecule has 0 saturated carbocycles. The molecule has 110 valence electrons. The molecule has 1 atom stereocenters. The Morgan fingerprint density at radius 3 is 2.10 bits per heavy atom. The Morgan fingerprint density at radius 2 is 1.52 bits per heavy atom. The topological polar surface area (TPSA) is 29.1 Å². The predicted molar refractivity (Wildman–Crippen MR) is 77.7 cm³/mol. The molecule has 4 heteroatoms. The molecule has 1 unspecified atom stereocenters. The fraction of sp³-hybridized carbons (Fsp3) is 0.235. The minimum atomic E-state index is -0.298. The van der Waals surface area contributed by atoms with E-state index in [9.17, 15) is 13.6 Å². The summed E-state index contributed by atoms with van der Waals surface area (Å²) >= 11 is 0. The summed E-state index contributed by atoms with van der Waals surface area (Å²) in [5.41, 5.74) is 1.77. The fourth-order valence-corrected chi connectivity index (χ4v) is 2.06. The highest BCUT2D eigenvalue weighted by Crippen LogP contribution is 2.13. The second-order valence-electron chi connectivity index (χ2n) is 4.97. The lowest BCUT2D eigenvalue weighted by Crippen LogP contribution is -2.26. The molecule has 0 saturated heterocycles. The lowest BCUT2D eigenvalue weighted by molar-refractivity contribution is -0.121. The van der Waals surface area contributed by atoms with E-state index in [0.717, 1.165) is 11.1 Å². The Bertz CT molecular complexity index is 593. The molecule has 0 aliphatic carbocycles. The van der Waals surface area contributed by atoms with Gasteiger partial charge in [0.15, 0.2) is 0 Å². The molecule has 0 radical (unpaired) electrons. The Kier molecular flexibility index (Phi) is 5.04. The van der Waals surface area contributed by atoms with Crippen molar-refractivity contribution in [1.82, 2.24) is 5.32 Å². The van der Waals surface area contributed by atoms with Crippen molar-refractivity contribution in [3.05, 3.63) is 71.3 Å². The lowest BCUT2D eigenvalue weighted by atomic mass is 10.1. The third-order valence-corrected chi connectivity index (χ3v) is 3.30. The molecular formula is C17H17F2NO. The molecule has 2 nitrogen and oxygen atoms in total. The van der Waals surface area contributed by atoms with Crippen LogP contribution in [0.1, 0.15) is 30.5 Å².